The maximum Gasteiger partial charge on any atom is 0.260 e. The summed E-state index contributed by atoms with van der Waals surface area (Å²) in [5.74, 6) is 0.589. The first-order valence-corrected chi connectivity index (χ1v) is 14.4. The van der Waals surface area contributed by atoms with Gasteiger partial charge in [-0.05, 0) is 74.5 Å². The molecule has 0 saturated heterocycles. The number of anilines is 1. The van der Waals surface area contributed by atoms with Gasteiger partial charge in [-0.2, -0.15) is 5.10 Å². The van der Waals surface area contributed by atoms with Crippen LogP contribution in [0.1, 0.15) is 17.0 Å². The molecule has 8 nitrogen and oxygen atoms in total. The Labute approximate surface area is 237 Å². The van der Waals surface area contributed by atoms with Crippen LogP contribution in [0.3, 0.4) is 0 Å². The fourth-order valence-electron chi connectivity index (χ4n) is 3.98. The Balaban J connectivity index is 1.44. The number of aryl methyl sites for hydroxylation is 1. The molecule has 0 unspecified atom stereocenters. The minimum atomic E-state index is -3.75. The van der Waals surface area contributed by atoms with E-state index in [0.29, 0.717) is 27.2 Å². The summed E-state index contributed by atoms with van der Waals surface area (Å²) in [4.78, 5) is 12.6. The Kier molecular flexibility index (Phi) is 8.64. The van der Waals surface area contributed by atoms with Crippen molar-refractivity contribution in [1.29, 1.82) is 0 Å². The van der Waals surface area contributed by atoms with Crippen molar-refractivity contribution in [2.75, 3.05) is 17.1 Å². The van der Waals surface area contributed by atoms with Crippen LogP contribution in [-0.2, 0) is 14.8 Å². The molecule has 0 aliphatic heterocycles. The van der Waals surface area contributed by atoms with E-state index >= 15 is 0 Å². The molecule has 0 aliphatic carbocycles. The third kappa shape index (κ3) is 7.00. The first kappa shape index (κ1) is 28.2. The number of hydrogen-bond acceptors (Lipinski definition) is 5. The first-order valence-electron chi connectivity index (χ1n) is 11.8. The SMILES string of the molecule is Cc1cc(/C=N/NC(=O)CN(c2ccc(Oc3ccccc3)cc2)S(C)(=O)=O)c(C)n1-c1ccc(Cl)c(Cl)c1. The van der Waals surface area contributed by atoms with Crippen molar-refractivity contribution in [3.8, 4) is 17.2 Å². The van der Waals surface area contributed by atoms with Crippen LogP contribution in [0.15, 0.2) is 84.0 Å². The highest BCUT2D eigenvalue weighted by molar-refractivity contribution is 7.92. The highest BCUT2D eigenvalue weighted by Crippen LogP contribution is 2.28. The molecular formula is C28H26Cl2N4O4S. The van der Waals surface area contributed by atoms with Crippen LogP contribution in [-0.4, -0.2) is 37.9 Å². The number of nitrogens with one attached hydrogen (secondary N) is 1. The van der Waals surface area contributed by atoms with Crippen molar-refractivity contribution >= 4 is 51.0 Å². The number of rotatable bonds is 9. The van der Waals surface area contributed by atoms with Gasteiger partial charge in [0.05, 0.1) is 28.2 Å². The quantitative estimate of drug-likeness (QED) is 0.190. The lowest BCUT2D eigenvalue weighted by molar-refractivity contribution is -0.119. The number of para-hydroxylation sites is 1. The molecular weight excluding hydrogens is 559 g/mol. The second-order valence-corrected chi connectivity index (χ2v) is 11.5. The molecule has 0 fully saturated rings. The zero-order valence-corrected chi connectivity index (χ0v) is 23.8. The number of aromatic nitrogens is 1. The molecule has 0 aliphatic rings. The van der Waals surface area contributed by atoms with E-state index in [2.05, 4.69) is 10.5 Å². The van der Waals surface area contributed by atoms with Gasteiger partial charge in [0.1, 0.15) is 18.0 Å². The van der Waals surface area contributed by atoms with Gasteiger partial charge in [0.25, 0.3) is 5.91 Å². The van der Waals surface area contributed by atoms with E-state index in [4.69, 9.17) is 27.9 Å². The van der Waals surface area contributed by atoms with Gasteiger partial charge in [-0.3, -0.25) is 9.10 Å². The van der Waals surface area contributed by atoms with Crippen molar-refractivity contribution in [3.63, 3.8) is 0 Å². The van der Waals surface area contributed by atoms with Crippen molar-refractivity contribution < 1.29 is 17.9 Å². The monoisotopic (exact) mass is 584 g/mol. The summed E-state index contributed by atoms with van der Waals surface area (Å²) in [5, 5.41) is 4.95. The van der Waals surface area contributed by atoms with Gasteiger partial charge < -0.3 is 9.30 Å². The normalized spacial score (nSPS) is 11.5. The predicted molar refractivity (Wildman–Crippen MR) is 156 cm³/mol. The van der Waals surface area contributed by atoms with Crippen LogP contribution in [0.2, 0.25) is 10.0 Å². The van der Waals surface area contributed by atoms with Crippen LogP contribution >= 0.6 is 23.2 Å². The molecule has 4 rings (SSSR count). The number of ether oxygens (including phenoxy) is 1. The Bertz CT molecular complexity index is 1620. The Hall–Kier alpha value is -3.79. The molecule has 1 aromatic heterocycles. The van der Waals surface area contributed by atoms with Gasteiger partial charge in [-0.25, -0.2) is 13.8 Å². The molecule has 0 saturated carbocycles. The van der Waals surface area contributed by atoms with Gasteiger partial charge >= 0.3 is 0 Å². The maximum absolute atomic E-state index is 12.6. The highest BCUT2D eigenvalue weighted by Gasteiger charge is 2.21. The fourth-order valence-corrected chi connectivity index (χ4v) is 5.13. The van der Waals surface area contributed by atoms with E-state index in [0.717, 1.165) is 33.2 Å². The van der Waals surface area contributed by atoms with E-state index in [1.807, 2.05) is 60.9 Å². The Morgan fingerprint density at radius 2 is 1.64 bits per heavy atom. The lowest BCUT2D eigenvalue weighted by Crippen LogP contribution is -2.39. The third-order valence-corrected chi connectivity index (χ3v) is 7.70. The molecule has 1 heterocycles. The van der Waals surface area contributed by atoms with Crippen molar-refractivity contribution in [3.05, 3.63) is 106 Å². The average Bonchev–Trinajstić information content (AvgIpc) is 3.17. The number of amides is 1. The first-order chi connectivity index (χ1) is 18.5. The van der Waals surface area contributed by atoms with E-state index in [1.165, 1.54) is 6.21 Å². The number of sulfonamides is 1. The summed E-state index contributed by atoms with van der Waals surface area (Å²) >= 11 is 12.2. The molecule has 202 valence electrons. The average molecular weight is 586 g/mol. The van der Waals surface area contributed by atoms with Crippen LogP contribution < -0.4 is 14.5 Å². The van der Waals surface area contributed by atoms with Gasteiger partial charge in [-0.1, -0.05) is 41.4 Å². The fraction of sp³-hybridized carbons (Fsp3) is 0.143. The number of halogens is 2. The molecule has 0 spiro atoms. The molecule has 1 N–H and O–H groups in total. The third-order valence-electron chi connectivity index (χ3n) is 5.82. The van der Waals surface area contributed by atoms with E-state index < -0.39 is 22.5 Å². The van der Waals surface area contributed by atoms with Crippen LogP contribution in [0.25, 0.3) is 5.69 Å². The largest absolute Gasteiger partial charge is 0.457 e. The maximum atomic E-state index is 12.6. The van der Waals surface area contributed by atoms with Gasteiger partial charge in [-0.15, -0.1) is 0 Å². The lowest BCUT2D eigenvalue weighted by Gasteiger charge is -2.21. The summed E-state index contributed by atoms with van der Waals surface area (Å²) < 4.78 is 33.7. The Morgan fingerprint density at radius 3 is 2.28 bits per heavy atom. The van der Waals surface area contributed by atoms with Gasteiger partial charge in [0.2, 0.25) is 10.0 Å². The van der Waals surface area contributed by atoms with Gasteiger partial charge in [0.15, 0.2) is 0 Å². The predicted octanol–water partition coefficient (Wildman–Crippen LogP) is 6.11. The molecule has 4 aromatic rings. The lowest BCUT2D eigenvalue weighted by atomic mass is 10.2. The number of hydrogen-bond donors (Lipinski definition) is 1. The number of carbonyl (C=O) groups is 1. The molecule has 0 atom stereocenters. The summed E-state index contributed by atoms with van der Waals surface area (Å²) in [7, 11) is -3.75. The molecule has 3 aromatic carbocycles. The minimum absolute atomic E-state index is 0.321. The molecule has 39 heavy (non-hydrogen) atoms. The van der Waals surface area contributed by atoms with E-state index in [1.54, 1.807) is 36.4 Å². The van der Waals surface area contributed by atoms with Crippen molar-refractivity contribution in [2.45, 2.75) is 13.8 Å². The van der Waals surface area contributed by atoms with E-state index in [9.17, 15) is 13.2 Å². The number of hydrazone groups is 1. The van der Waals surface area contributed by atoms with Crippen LogP contribution in [0, 0.1) is 13.8 Å². The molecule has 1 amide bonds. The molecule has 11 heteroatoms. The highest BCUT2D eigenvalue weighted by atomic mass is 35.5. The molecule has 0 bridgehead atoms. The zero-order chi connectivity index (χ0) is 28.2. The number of nitrogens with zero attached hydrogens (tertiary/aromatic N) is 3. The summed E-state index contributed by atoms with van der Waals surface area (Å²) in [6, 6.07) is 22.9. The number of carbonyl (C=O) groups excluding carboxylic acids is 1. The topological polar surface area (TPSA) is 93.0 Å². The van der Waals surface area contributed by atoms with Crippen LogP contribution in [0.4, 0.5) is 5.69 Å². The summed E-state index contributed by atoms with van der Waals surface area (Å²) in [6.07, 6.45) is 2.55. The zero-order valence-electron chi connectivity index (χ0n) is 21.4. The smallest absolute Gasteiger partial charge is 0.260 e. The molecule has 0 radical (unpaired) electrons. The van der Waals surface area contributed by atoms with Crippen molar-refractivity contribution in [2.24, 2.45) is 5.10 Å². The summed E-state index contributed by atoms with van der Waals surface area (Å²) in [5.41, 5.74) is 6.15. The van der Waals surface area contributed by atoms with Gasteiger partial charge in [0, 0.05) is 22.6 Å². The van der Waals surface area contributed by atoms with Crippen LogP contribution in [0.5, 0.6) is 11.5 Å². The second kappa shape index (κ2) is 11.9. The standard InChI is InChI=1S/C28H26Cl2N4O4S/c1-19-15-21(20(2)34(19)23-11-14-26(29)27(30)16-23)17-31-32-28(35)18-33(39(3,36)37)22-9-12-25(13-10-22)38-24-7-5-4-6-8-24/h4-17H,18H2,1-3H3,(H,32,35)/b31-17+. The van der Waals surface area contributed by atoms with Crippen molar-refractivity contribution in [1.82, 2.24) is 9.99 Å². The summed E-state index contributed by atoms with van der Waals surface area (Å²) in [6.45, 7) is 3.40. The van der Waals surface area contributed by atoms with E-state index in [-0.39, 0.29) is 0 Å². The second-order valence-electron chi connectivity index (χ2n) is 8.73. The Morgan fingerprint density at radius 1 is 0.974 bits per heavy atom. The minimum Gasteiger partial charge on any atom is -0.457 e. The number of benzene rings is 3.